The molecule has 1 aromatic heterocycles. The van der Waals surface area contributed by atoms with Crippen LogP contribution in [-0.2, 0) is 17.8 Å². The third-order valence-electron chi connectivity index (χ3n) is 6.43. The number of nitrogens with one attached hydrogen (secondary N) is 1. The van der Waals surface area contributed by atoms with Crippen LogP contribution in [0, 0.1) is 0 Å². The average molecular weight is 540 g/mol. The van der Waals surface area contributed by atoms with Gasteiger partial charge in [0.05, 0.1) is 27.0 Å². The first-order valence-corrected chi connectivity index (χ1v) is 13.8. The van der Waals surface area contributed by atoms with Crippen molar-refractivity contribution in [3.63, 3.8) is 0 Å². The molecule has 1 unspecified atom stereocenters. The van der Waals surface area contributed by atoms with E-state index in [0.717, 1.165) is 16.9 Å². The van der Waals surface area contributed by atoms with E-state index < -0.39 is 0 Å². The molecule has 0 fully saturated rings. The second kappa shape index (κ2) is 14.4. The number of rotatable bonds is 13. The highest BCUT2D eigenvalue weighted by atomic mass is 32.2. The summed E-state index contributed by atoms with van der Waals surface area (Å²) in [6.45, 7) is 4.66. The SMILES string of the molecule is CCC(C)N(CC(=O)N(CCc1ccc(OC)c(OC)c1)Cc1ccco1)C(=O)Nc1ccc(SC)cc1. The average Bonchev–Trinajstić information content (AvgIpc) is 3.46. The van der Waals surface area contributed by atoms with E-state index in [2.05, 4.69) is 5.32 Å². The van der Waals surface area contributed by atoms with Crippen molar-refractivity contribution in [2.24, 2.45) is 0 Å². The van der Waals surface area contributed by atoms with E-state index in [1.54, 1.807) is 48.1 Å². The van der Waals surface area contributed by atoms with Gasteiger partial charge in [-0.25, -0.2) is 4.79 Å². The van der Waals surface area contributed by atoms with E-state index >= 15 is 0 Å². The van der Waals surface area contributed by atoms with Crippen LogP contribution in [0.25, 0.3) is 0 Å². The molecule has 1 N–H and O–H groups in total. The monoisotopic (exact) mass is 539 g/mol. The number of thioether (sulfide) groups is 1. The lowest BCUT2D eigenvalue weighted by molar-refractivity contribution is -0.133. The Morgan fingerprint density at radius 2 is 1.79 bits per heavy atom. The lowest BCUT2D eigenvalue weighted by atomic mass is 10.1. The predicted octanol–water partition coefficient (Wildman–Crippen LogP) is 5.92. The molecule has 3 aromatic rings. The third kappa shape index (κ3) is 7.95. The van der Waals surface area contributed by atoms with Crippen molar-refractivity contribution in [1.82, 2.24) is 9.80 Å². The number of furan rings is 1. The lowest BCUT2D eigenvalue weighted by Gasteiger charge is -2.31. The van der Waals surface area contributed by atoms with E-state index in [9.17, 15) is 9.59 Å². The molecule has 3 amide bonds. The number of benzene rings is 2. The summed E-state index contributed by atoms with van der Waals surface area (Å²) in [5.41, 5.74) is 1.69. The van der Waals surface area contributed by atoms with Crippen LogP contribution in [-0.4, -0.2) is 61.3 Å². The Morgan fingerprint density at radius 3 is 2.39 bits per heavy atom. The second-order valence-corrected chi connectivity index (χ2v) is 9.76. The Hall–Kier alpha value is -3.59. The number of urea groups is 1. The number of anilines is 1. The van der Waals surface area contributed by atoms with Crippen LogP contribution in [0.5, 0.6) is 11.5 Å². The molecule has 204 valence electrons. The highest BCUT2D eigenvalue weighted by Gasteiger charge is 2.25. The van der Waals surface area contributed by atoms with Crippen LogP contribution < -0.4 is 14.8 Å². The van der Waals surface area contributed by atoms with Gasteiger partial charge in [-0.05, 0) is 80.1 Å². The molecular weight excluding hydrogens is 502 g/mol. The first kappa shape index (κ1) is 29.0. The Balaban J connectivity index is 1.74. The van der Waals surface area contributed by atoms with Gasteiger partial charge in [-0.3, -0.25) is 4.79 Å². The molecule has 0 aliphatic rings. The minimum Gasteiger partial charge on any atom is -0.493 e. The van der Waals surface area contributed by atoms with Gasteiger partial charge in [0.25, 0.3) is 0 Å². The third-order valence-corrected chi connectivity index (χ3v) is 7.17. The summed E-state index contributed by atoms with van der Waals surface area (Å²) in [6.07, 6.45) is 4.91. The number of hydrogen-bond donors (Lipinski definition) is 1. The van der Waals surface area contributed by atoms with Crippen molar-refractivity contribution in [2.45, 2.75) is 44.2 Å². The Kier molecular flexibility index (Phi) is 11.0. The fourth-order valence-electron chi connectivity index (χ4n) is 3.95. The standard InChI is InChI=1S/C29H37N3O5S/c1-6-21(2)32(29(34)30-23-10-12-25(38-5)13-11-23)20-28(33)31(19-24-8-7-17-37-24)16-15-22-9-14-26(35-3)27(18-22)36-4/h7-14,17-18,21H,6,15-16,19-20H2,1-5H3,(H,30,34). The summed E-state index contributed by atoms with van der Waals surface area (Å²) in [4.78, 5) is 31.3. The summed E-state index contributed by atoms with van der Waals surface area (Å²) in [5, 5.41) is 2.94. The van der Waals surface area contributed by atoms with Crippen LogP contribution in [0.2, 0.25) is 0 Å². The highest BCUT2D eigenvalue weighted by molar-refractivity contribution is 7.98. The van der Waals surface area contributed by atoms with Crippen molar-refractivity contribution >= 4 is 29.4 Å². The molecule has 0 aliphatic heterocycles. The number of carbonyl (C=O) groups is 2. The summed E-state index contributed by atoms with van der Waals surface area (Å²) in [6, 6.07) is 16.6. The molecule has 0 bridgehead atoms. The topological polar surface area (TPSA) is 84.2 Å². The first-order chi connectivity index (χ1) is 18.4. The van der Waals surface area contributed by atoms with Gasteiger partial charge in [-0.15, -0.1) is 11.8 Å². The Bertz CT molecular complexity index is 1170. The normalized spacial score (nSPS) is 11.5. The predicted molar refractivity (Wildman–Crippen MR) is 151 cm³/mol. The van der Waals surface area contributed by atoms with Crippen LogP contribution in [0.4, 0.5) is 10.5 Å². The van der Waals surface area contributed by atoms with Crippen molar-refractivity contribution in [1.29, 1.82) is 0 Å². The van der Waals surface area contributed by atoms with E-state index in [1.807, 2.05) is 68.6 Å². The van der Waals surface area contributed by atoms with Gasteiger partial charge >= 0.3 is 6.03 Å². The largest absolute Gasteiger partial charge is 0.493 e. The fourth-order valence-corrected chi connectivity index (χ4v) is 4.35. The van der Waals surface area contributed by atoms with Crippen LogP contribution >= 0.6 is 11.8 Å². The summed E-state index contributed by atoms with van der Waals surface area (Å²) in [5.74, 6) is 1.81. The van der Waals surface area contributed by atoms with Gasteiger partial charge in [0.2, 0.25) is 5.91 Å². The van der Waals surface area contributed by atoms with Gasteiger partial charge < -0.3 is 29.0 Å². The van der Waals surface area contributed by atoms with E-state index in [0.29, 0.717) is 42.5 Å². The summed E-state index contributed by atoms with van der Waals surface area (Å²) in [7, 11) is 3.19. The fraction of sp³-hybridized carbons (Fsp3) is 0.379. The molecule has 9 heteroatoms. The first-order valence-electron chi connectivity index (χ1n) is 12.6. The van der Waals surface area contributed by atoms with Gasteiger partial charge in [0, 0.05) is 23.2 Å². The van der Waals surface area contributed by atoms with Crippen molar-refractivity contribution in [3.8, 4) is 11.5 Å². The molecule has 0 saturated heterocycles. The van der Waals surface area contributed by atoms with Crippen LogP contribution in [0.3, 0.4) is 0 Å². The van der Waals surface area contributed by atoms with Crippen molar-refractivity contribution < 1.29 is 23.5 Å². The molecular formula is C29H37N3O5S. The number of methoxy groups -OCH3 is 2. The molecule has 1 atom stereocenters. The maximum Gasteiger partial charge on any atom is 0.322 e. The van der Waals surface area contributed by atoms with Crippen LogP contribution in [0.1, 0.15) is 31.6 Å². The molecule has 1 heterocycles. The molecule has 2 aromatic carbocycles. The van der Waals surface area contributed by atoms with E-state index in [1.165, 1.54) is 0 Å². The molecule has 38 heavy (non-hydrogen) atoms. The van der Waals surface area contributed by atoms with Gasteiger partial charge in [0.15, 0.2) is 11.5 Å². The zero-order valence-electron chi connectivity index (χ0n) is 22.7. The van der Waals surface area contributed by atoms with E-state index in [4.69, 9.17) is 13.9 Å². The summed E-state index contributed by atoms with van der Waals surface area (Å²) < 4.78 is 16.3. The molecule has 8 nitrogen and oxygen atoms in total. The second-order valence-electron chi connectivity index (χ2n) is 8.88. The minimum absolute atomic E-state index is 0.0453. The smallest absolute Gasteiger partial charge is 0.322 e. The lowest BCUT2D eigenvalue weighted by Crippen LogP contribution is -2.48. The number of carbonyl (C=O) groups excluding carboxylic acids is 2. The summed E-state index contributed by atoms with van der Waals surface area (Å²) >= 11 is 1.64. The number of hydrogen-bond acceptors (Lipinski definition) is 6. The number of ether oxygens (including phenoxy) is 2. The molecule has 3 rings (SSSR count). The van der Waals surface area contributed by atoms with E-state index in [-0.39, 0.29) is 24.5 Å². The minimum atomic E-state index is -0.303. The van der Waals surface area contributed by atoms with Gasteiger partial charge in [-0.2, -0.15) is 0 Å². The van der Waals surface area contributed by atoms with Crippen LogP contribution in [0.15, 0.2) is 70.2 Å². The zero-order chi connectivity index (χ0) is 27.5. The maximum absolute atomic E-state index is 13.6. The zero-order valence-corrected chi connectivity index (χ0v) is 23.5. The number of nitrogens with zero attached hydrogens (tertiary/aromatic N) is 2. The van der Waals surface area contributed by atoms with Gasteiger partial charge in [0.1, 0.15) is 12.3 Å². The van der Waals surface area contributed by atoms with Crippen molar-refractivity contribution in [3.05, 3.63) is 72.2 Å². The molecule has 0 spiro atoms. The molecule has 0 aliphatic carbocycles. The highest BCUT2D eigenvalue weighted by Crippen LogP contribution is 2.28. The molecule has 0 radical (unpaired) electrons. The Labute approximate surface area is 229 Å². The number of amides is 3. The maximum atomic E-state index is 13.6. The molecule has 0 saturated carbocycles. The Morgan fingerprint density at radius 1 is 1.05 bits per heavy atom. The quantitative estimate of drug-likeness (QED) is 0.271. The van der Waals surface area contributed by atoms with Crippen molar-refractivity contribution in [2.75, 3.05) is 38.9 Å². The van der Waals surface area contributed by atoms with Gasteiger partial charge in [-0.1, -0.05) is 13.0 Å².